The zero-order valence-corrected chi connectivity index (χ0v) is 17.2. The third kappa shape index (κ3) is 4.66. The lowest BCUT2D eigenvalue weighted by molar-refractivity contribution is -0.121. The van der Waals surface area contributed by atoms with Crippen molar-refractivity contribution >= 4 is 5.91 Å². The zero-order valence-electron chi connectivity index (χ0n) is 17.2. The summed E-state index contributed by atoms with van der Waals surface area (Å²) in [6.07, 6.45) is 2.20. The van der Waals surface area contributed by atoms with Crippen molar-refractivity contribution in [2.45, 2.75) is 33.2 Å². The number of nitrogens with one attached hydrogen (secondary N) is 1. The predicted octanol–water partition coefficient (Wildman–Crippen LogP) is 3.32. The highest BCUT2D eigenvalue weighted by molar-refractivity contribution is 5.76. The number of aromatic nitrogens is 5. The number of rotatable bonds is 7. The molecule has 4 aromatic rings. The molecule has 0 radical (unpaired) electrons. The number of carbonyl (C=O) groups excluding carboxylic acids is 1. The number of halogens is 1. The molecule has 0 bridgehead atoms. The van der Waals surface area contributed by atoms with E-state index < -0.39 is 0 Å². The smallest absolute Gasteiger partial charge is 0.227 e. The van der Waals surface area contributed by atoms with Crippen LogP contribution in [0, 0.1) is 19.7 Å². The number of aryl methyl sites for hydroxylation is 2. The first-order valence-electron chi connectivity index (χ1n) is 9.83. The summed E-state index contributed by atoms with van der Waals surface area (Å²) in [6, 6.07) is 11.6. The fourth-order valence-corrected chi connectivity index (χ4v) is 3.22. The molecule has 0 spiro atoms. The van der Waals surface area contributed by atoms with Crippen molar-refractivity contribution in [3.8, 4) is 17.2 Å². The summed E-state index contributed by atoms with van der Waals surface area (Å²) >= 11 is 0. The number of nitrogens with zero attached hydrogens (tertiary/aromatic N) is 5. The molecule has 3 aromatic heterocycles. The van der Waals surface area contributed by atoms with Gasteiger partial charge in [-0.2, -0.15) is 10.1 Å². The van der Waals surface area contributed by atoms with E-state index >= 15 is 0 Å². The van der Waals surface area contributed by atoms with E-state index in [0.717, 1.165) is 22.6 Å². The van der Waals surface area contributed by atoms with E-state index in [1.165, 1.54) is 12.1 Å². The van der Waals surface area contributed by atoms with Gasteiger partial charge in [-0.3, -0.25) is 9.78 Å². The maximum absolute atomic E-state index is 13.2. The molecule has 158 valence electrons. The largest absolute Gasteiger partial charge is 0.352 e. The number of hydrogen-bond donors (Lipinski definition) is 1. The summed E-state index contributed by atoms with van der Waals surface area (Å²) < 4.78 is 20.1. The van der Waals surface area contributed by atoms with Gasteiger partial charge in [0, 0.05) is 36.8 Å². The van der Waals surface area contributed by atoms with Gasteiger partial charge in [0.05, 0.1) is 11.4 Å². The fraction of sp³-hybridized carbons (Fsp3) is 0.227. The van der Waals surface area contributed by atoms with Crippen LogP contribution in [0.2, 0.25) is 0 Å². The Morgan fingerprint density at radius 1 is 1.16 bits per heavy atom. The molecule has 0 aliphatic heterocycles. The number of amides is 1. The van der Waals surface area contributed by atoms with E-state index in [2.05, 4.69) is 25.5 Å². The van der Waals surface area contributed by atoms with Crippen LogP contribution in [0.4, 0.5) is 4.39 Å². The van der Waals surface area contributed by atoms with Gasteiger partial charge < -0.3 is 9.84 Å². The van der Waals surface area contributed by atoms with Gasteiger partial charge in [-0.15, -0.1) is 0 Å². The predicted molar refractivity (Wildman–Crippen MR) is 111 cm³/mol. The molecule has 1 N–H and O–H groups in total. The molecule has 0 aliphatic rings. The lowest BCUT2D eigenvalue weighted by atomic mass is 10.2. The first-order chi connectivity index (χ1) is 15.0. The molecular weight excluding hydrogens is 399 g/mol. The molecule has 0 saturated carbocycles. The van der Waals surface area contributed by atoms with Gasteiger partial charge in [-0.05, 0) is 50.2 Å². The van der Waals surface area contributed by atoms with Crippen LogP contribution in [0.25, 0.3) is 17.2 Å². The first-order valence-corrected chi connectivity index (χ1v) is 9.83. The summed E-state index contributed by atoms with van der Waals surface area (Å²) in [5.41, 5.74) is 4.00. The Kier molecular flexibility index (Phi) is 5.83. The van der Waals surface area contributed by atoms with E-state index in [1.54, 1.807) is 29.1 Å². The lowest BCUT2D eigenvalue weighted by Gasteiger charge is -2.07. The zero-order chi connectivity index (χ0) is 21.8. The number of hydrogen-bond acceptors (Lipinski definition) is 6. The Hall–Kier alpha value is -3.88. The summed E-state index contributed by atoms with van der Waals surface area (Å²) in [7, 11) is 0. The van der Waals surface area contributed by atoms with Gasteiger partial charge in [0.1, 0.15) is 11.5 Å². The van der Waals surface area contributed by atoms with Crippen molar-refractivity contribution in [2.75, 3.05) is 0 Å². The van der Waals surface area contributed by atoms with Crippen molar-refractivity contribution < 1.29 is 13.7 Å². The molecule has 0 saturated heterocycles. The number of benzene rings is 1. The molecule has 31 heavy (non-hydrogen) atoms. The van der Waals surface area contributed by atoms with Crippen molar-refractivity contribution in [1.82, 2.24) is 30.2 Å². The third-order valence-electron chi connectivity index (χ3n) is 4.90. The van der Waals surface area contributed by atoms with Crippen LogP contribution in [0.3, 0.4) is 0 Å². The normalized spacial score (nSPS) is 10.9. The molecule has 4 rings (SSSR count). The highest BCUT2D eigenvalue weighted by atomic mass is 19.1. The summed E-state index contributed by atoms with van der Waals surface area (Å²) in [5, 5.41) is 11.3. The molecule has 0 aliphatic carbocycles. The van der Waals surface area contributed by atoms with Gasteiger partial charge in [0.15, 0.2) is 0 Å². The van der Waals surface area contributed by atoms with Gasteiger partial charge in [0.2, 0.25) is 17.6 Å². The van der Waals surface area contributed by atoms with Crippen LogP contribution < -0.4 is 5.32 Å². The summed E-state index contributed by atoms with van der Waals surface area (Å²) in [4.78, 5) is 20.8. The fourth-order valence-electron chi connectivity index (χ4n) is 3.22. The molecule has 1 aromatic carbocycles. The van der Waals surface area contributed by atoms with Crippen molar-refractivity contribution in [1.29, 1.82) is 0 Å². The van der Waals surface area contributed by atoms with Gasteiger partial charge >= 0.3 is 0 Å². The van der Waals surface area contributed by atoms with E-state index in [9.17, 15) is 9.18 Å². The van der Waals surface area contributed by atoms with Crippen molar-refractivity contribution in [3.05, 3.63) is 77.3 Å². The van der Waals surface area contributed by atoms with Gasteiger partial charge in [0.25, 0.3) is 0 Å². The molecule has 0 unspecified atom stereocenters. The SMILES string of the molecule is Cc1nn(-c2ccc(F)cc2)c(C)c1CNC(=O)CCc1nc(-c2ccccn2)no1. The maximum Gasteiger partial charge on any atom is 0.227 e. The second-order valence-electron chi connectivity index (χ2n) is 7.04. The van der Waals surface area contributed by atoms with E-state index in [-0.39, 0.29) is 18.1 Å². The van der Waals surface area contributed by atoms with Crippen LogP contribution in [0.15, 0.2) is 53.2 Å². The van der Waals surface area contributed by atoms with Crippen LogP contribution in [-0.2, 0) is 17.8 Å². The average Bonchev–Trinajstić information content (AvgIpc) is 3.37. The second-order valence-corrected chi connectivity index (χ2v) is 7.04. The third-order valence-corrected chi connectivity index (χ3v) is 4.90. The Balaban J connectivity index is 1.34. The average molecular weight is 420 g/mol. The van der Waals surface area contributed by atoms with Crippen LogP contribution in [0.1, 0.15) is 29.3 Å². The molecule has 0 fully saturated rings. The van der Waals surface area contributed by atoms with Crippen molar-refractivity contribution in [2.24, 2.45) is 0 Å². The Morgan fingerprint density at radius 3 is 2.71 bits per heavy atom. The highest BCUT2D eigenvalue weighted by Crippen LogP contribution is 2.18. The van der Waals surface area contributed by atoms with Crippen molar-refractivity contribution in [3.63, 3.8) is 0 Å². The number of pyridine rings is 1. The van der Waals surface area contributed by atoms with Gasteiger partial charge in [-0.1, -0.05) is 11.2 Å². The molecule has 1 amide bonds. The van der Waals surface area contributed by atoms with E-state index in [1.807, 2.05) is 26.0 Å². The number of carbonyl (C=O) groups is 1. The van der Waals surface area contributed by atoms with E-state index in [4.69, 9.17) is 4.52 Å². The lowest BCUT2D eigenvalue weighted by Crippen LogP contribution is -2.23. The molecule has 3 heterocycles. The molecule has 0 atom stereocenters. The molecule has 9 heteroatoms. The summed E-state index contributed by atoms with van der Waals surface area (Å²) in [5.74, 6) is 0.347. The first kappa shape index (κ1) is 20.4. The minimum atomic E-state index is -0.300. The Morgan fingerprint density at radius 2 is 1.97 bits per heavy atom. The second kappa shape index (κ2) is 8.86. The maximum atomic E-state index is 13.2. The quantitative estimate of drug-likeness (QED) is 0.492. The summed E-state index contributed by atoms with van der Waals surface area (Å²) in [6.45, 7) is 4.15. The monoisotopic (exact) mass is 420 g/mol. The highest BCUT2D eigenvalue weighted by Gasteiger charge is 2.15. The van der Waals surface area contributed by atoms with Crippen LogP contribution >= 0.6 is 0 Å². The standard InChI is InChI=1S/C22H21FN6O2/c1-14-18(15(2)29(27-14)17-8-6-16(23)7-9-17)13-25-20(30)10-11-21-26-22(28-31-21)19-5-3-4-12-24-19/h3-9,12H,10-11,13H2,1-2H3,(H,25,30). The minimum Gasteiger partial charge on any atom is -0.352 e. The topological polar surface area (TPSA) is 98.7 Å². The Labute approximate surface area is 178 Å². The molecule has 8 nitrogen and oxygen atoms in total. The Bertz CT molecular complexity index is 1180. The van der Waals surface area contributed by atoms with Crippen LogP contribution in [-0.4, -0.2) is 30.8 Å². The van der Waals surface area contributed by atoms with Crippen LogP contribution in [0.5, 0.6) is 0 Å². The minimum absolute atomic E-state index is 0.133. The van der Waals surface area contributed by atoms with E-state index in [0.29, 0.717) is 30.4 Å². The van der Waals surface area contributed by atoms with Gasteiger partial charge in [-0.25, -0.2) is 9.07 Å². The molecular formula is C22H21FN6O2.